The SMILES string of the molecule is CS(=O)(=O)c1cccnc1N1CCCN(CC(=O)O)CC1. The number of hydrogen-bond acceptors (Lipinski definition) is 6. The van der Waals surface area contributed by atoms with Gasteiger partial charge < -0.3 is 10.0 Å². The summed E-state index contributed by atoms with van der Waals surface area (Å²) in [5, 5.41) is 8.84. The molecule has 0 amide bonds. The van der Waals surface area contributed by atoms with Gasteiger partial charge in [0.2, 0.25) is 0 Å². The van der Waals surface area contributed by atoms with E-state index >= 15 is 0 Å². The van der Waals surface area contributed by atoms with E-state index < -0.39 is 15.8 Å². The van der Waals surface area contributed by atoms with E-state index in [9.17, 15) is 13.2 Å². The van der Waals surface area contributed by atoms with Crippen LogP contribution in [0, 0.1) is 0 Å². The number of hydrogen-bond donors (Lipinski definition) is 1. The van der Waals surface area contributed by atoms with Crippen LogP contribution < -0.4 is 4.90 Å². The Kier molecular flexibility index (Phi) is 4.79. The summed E-state index contributed by atoms with van der Waals surface area (Å²) in [6, 6.07) is 3.16. The Bertz CT molecular complexity index is 618. The Morgan fingerprint density at radius 3 is 2.76 bits per heavy atom. The Labute approximate surface area is 124 Å². The molecule has 0 unspecified atom stereocenters. The monoisotopic (exact) mass is 313 g/mol. The average Bonchev–Trinajstić information content (AvgIpc) is 2.63. The molecule has 2 rings (SSSR count). The topological polar surface area (TPSA) is 90.8 Å². The normalized spacial score (nSPS) is 17.5. The Hall–Kier alpha value is -1.67. The highest BCUT2D eigenvalue weighted by Gasteiger charge is 2.22. The number of aromatic nitrogens is 1. The minimum absolute atomic E-state index is 0.00892. The number of sulfone groups is 1. The maximum atomic E-state index is 11.8. The van der Waals surface area contributed by atoms with Crippen molar-refractivity contribution >= 4 is 21.6 Å². The van der Waals surface area contributed by atoms with E-state index in [-0.39, 0.29) is 11.4 Å². The number of anilines is 1. The predicted octanol–water partition coefficient (Wildman–Crippen LogP) is 0.0818. The molecule has 0 aliphatic carbocycles. The van der Waals surface area contributed by atoms with Crippen LogP contribution in [-0.2, 0) is 14.6 Å². The van der Waals surface area contributed by atoms with E-state index in [4.69, 9.17) is 5.11 Å². The van der Waals surface area contributed by atoms with E-state index in [1.807, 2.05) is 9.80 Å². The van der Waals surface area contributed by atoms with Crippen molar-refractivity contribution in [3.8, 4) is 0 Å². The first-order valence-corrected chi connectivity index (χ1v) is 8.61. The molecule has 1 N–H and O–H groups in total. The summed E-state index contributed by atoms with van der Waals surface area (Å²) in [6.07, 6.45) is 3.51. The number of pyridine rings is 1. The summed E-state index contributed by atoms with van der Waals surface area (Å²) in [5.41, 5.74) is 0. The van der Waals surface area contributed by atoms with Crippen LogP contribution in [-0.4, -0.2) is 68.4 Å². The number of rotatable bonds is 4. The van der Waals surface area contributed by atoms with Crippen molar-refractivity contribution in [1.29, 1.82) is 0 Å². The van der Waals surface area contributed by atoms with E-state index in [1.165, 1.54) is 6.26 Å². The van der Waals surface area contributed by atoms with Crippen LogP contribution in [0.25, 0.3) is 0 Å². The molecule has 0 spiro atoms. The first kappa shape index (κ1) is 15.7. The molecule has 7 nitrogen and oxygen atoms in total. The van der Waals surface area contributed by atoms with Crippen LogP contribution in [0.3, 0.4) is 0 Å². The lowest BCUT2D eigenvalue weighted by molar-refractivity contribution is -0.138. The first-order valence-electron chi connectivity index (χ1n) is 6.72. The molecule has 116 valence electrons. The first-order chi connectivity index (χ1) is 9.88. The lowest BCUT2D eigenvalue weighted by Gasteiger charge is -2.23. The summed E-state index contributed by atoms with van der Waals surface area (Å²) in [7, 11) is -3.34. The Balaban J connectivity index is 2.18. The molecular formula is C13H19N3O4S. The smallest absolute Gasteiger partial charge is 0.317 e. The van der Waals surface area contributed by atoms with Crippen molar-refractivity contribution < 1.29 is 18.3 Å². The van der Waals surface area contributed by atoms with Crippen molar-refractivity contribution in [2.45, 2.75) is 11.3 Å². The van der Waals surface area contributed by atoms with Crippen molar-refractivity contribution in [3.63, 3.8) is 0 Å². The molecule has 0 atom stereocenters. The number of carbonyl (C=O) groups is 1. The van der Waals surface area contributed by atoms with Crippen molar-refractivity contribution in [2.75, 3.05) is 43.9 Å². The van der Waals surface area contributed by atoms with Crippen LogP contribution in [0.2, 0.25) is 0 Å². The fraction of sp³-hybridized carbons (Fsp3) is 0.538. The van der Waals surface area contributed by atoms with Crippen molar-refractivity contribution in [1.82, 2.24) is 9.88 Å². The maximum Gasteiger partial charge on any atom is 0.317 e. The lowest BCUT2D eigenvalue weighted by atomic mass is 10.3. The van der Waals surface area contributed by atoms with Crippen LogP contribution in [0.15, 0.2) is 23.2 Å². The minimum atomic E-state index is -3.34. The summed E-state index contributed by atoms with van der Waals surface area (Å²) in [6.45, 7) is 2.49. The second-order valence-corrected chi connectivity index (χ2v) is 7.09. The molecule has 1 aliphatic rings. The molecular weight excluding hydrogens is 294 g/mol. The molecule has 0 radical (unpaired) electrons. The molecule has 1 aliphatic heterocycles. The quantitative estimate of drug-likeness (QED) is 0.842. The molecule has 0 saturated carbocycles. The van der Waals surface area contributed by atoms with Crippen molar-refractivity contribution in [2.24, 2.45) is 0 Å². The van der Waals surface area contributed by atoms with E-state index in [1.54, 1.807) is 18.3 Å². The number of carboxylic acid groups (broad SMARTS) is 1. The lowest BCUT2D eigenvalue weighted by Crippen LogP contribution is -2.34. The largest absolute Gasteiger partial charge is 0.480 e. The van der Waals surface area contributed by atoms with Gasteiger partial charge in [0, 0.05) is 38.6 Å². The van der Waals surface area contributed by atoms with Gasteiger partial charge in [0.15, 0.2) is 9.84 Å². The van der Waals surface area contributed by atoms with Gasteiger partial charge in [-0.1, -0.05) is 0 Å². The molecule has 1 saturated heterocycles. The Morgan fingerprint density at radius 2 is 2.10 bits per heavy atom. The molecule has 1 aromatic rings. The van der Waals surface area contributed by atoms with Gasteiger partial charge in [-0.2, -0.15) is 0 Å². The standard InChI is InChI=1S/C13H19N3O4S/c1-21(19,20)11-4-2-5-14-13(11)16-7-3-6-15(8-9-16)10-12(17)18/h2,4-5H,3,6-10H2,1H3,(H,17,18). The van der Waals surface area contributed by atoms with Gasteiger partial charge in [-0.25, -0.2) is 13.4 Å². The van der Waals surface area contributed by atoms with Crippen LogP contribution >= 0.6 is 0 Å². The van der Waals surface area contributed by atoms with Crippen LogP contribution in [0.4, 0.5) is 5.82 Å². The third-order valence-electron chi connectivity index (χ3n) is 3.40. The summed E-state index contributed by atoms with van der Waals surface area (Å²) < 4.78 is 23.7. The maximum absolute atomic E-state index is 11.8. The molecule has 8 heteroatoms. The third kappa shape index (κ3) is 4.15. The van der Waals surface area contributed by atoms with E-state index in [0.717, 1.165) is 6.42 Å². The van der Waals surface area contributed by atoms with E-state index in [2.05, 4.69) is 4.98 Å². The van der Waals surface area contributed by atoms with Gasteiger partial charge in [0.05, 0.1) is 6.54 Å². The molecule has 1 aromatic heterocycles. The van der Waals surface area contributed by atoms with Gasteiger partial charge in [0.25, 0.3) is 0 Å². The van der Waals surface area contributed by atoms with Gasteiger partial charge in [0.1, 0.15) is 10.7 Å². The summed E-state index contributed by atoms with van der Waals surface area (Å²) >= 11 is 0. The molecule has 1 fully saturated rings. The Morgan fingerprint density at radius 1 is 1.33 bits per heavy atom. The molecule has 0 bridgehead atoms. The number of carboxylic acids is 1. The third-order valence-corrected chi connectivity index (χ3v) is 4.51. The highest BCUT2D eigenvalue weighted by molar-refractivity contribution is 7.90. The summed E-state index contributed by atoms with van der Waals surface area (Å²) in [5.74, 6) is -0.393. The number of aliphatic carboxylic acids is 1. The zero-order chi connectivity index (χ0) is 15.5. The molecule has 2 heterocycles. The summed E-state index contributed by atoms with van der Waals surface area (Å²) in [4.78, 5) is 19.0. The highest BCUT2D eigenvalue weighted by atomic mass is 32.2. The van der Waals surface area contributed by atoms with Gasteiger partial charge in [-0.3, -0.25) is 9.69 Å². The van der Waals surface area contributed by atoms with Crippen molar-refractivity contribution in [3.05, 3.63) is 18.3 Å². The van der Waals surface area contributed by atoms with Gasteiger partial charge >= 0.3 is 5.97 Å². The fourth-order valence-electron chi connectivity index (χ4n) is 2.44. The predicted molar refractivity (Wildman–Crippen MR) is 78.3 cm³/mol. The van der Waals surface area contributed by atoms with Gasteiger partial charge in [-0.15, -0.1) is 0 Å². The van der Waals surface area contributed by atoms with E-state index in [0.29, 0.717) is 32.0 Å². The molecule has 21 heavy (non-hydrogen) atoms. The fourth-order valence-corrected chi connectivity index (χ4v) is 3.28. The second kappa shape index (κ2) is 6.40. The number of nitrogens with zero attached hydrogens (tertiary/aromatic N) is 3. The second-order valence-electron chi connectivity index (χ2n) is 5.11. The molecule has 0 aromatic carbocycles. The van der Waals surface area contributed by atoms with Gasteiger partial charge in [-0.05, 0) is 18.6 Å². The zero-order valence-corrected chi connectivity index (χ0v) is 12.7. The minimum Gasteiger partial charge on any atom is -0.480 e. The highest BCUT2D eigenvalue weighted by Crippen LogP contribution is 2.23. The van der Waals surface area contributed by atoms with Crippen LogP contribution in [0.1, 0.15) is 6.42 Å². The zero-order valence-electron chi connectivity index (χ0n) is 11.9. The van der Waals surface area contributed by atoms with Crippen LogP contribution in [0.5, 0.6) is 0 Å². The average molecular weight is 313 g/mol.